The number of nitrogens with zero attached hydrogens (tertiary/aromatic N) is 3. The highest BCUT2D eigenvalue weighted by molar-refractivity contribution is 6.32. The van der Waals surface area contributed by atoms with Crippen LogP contribution in [-0.4, -0.2) is 42.0 Å². The van der Waals surface area contributed by atoms with Crippen molar-refractivity contribution in [1.82, 2.24) is 14.8 Å². The Hall–Kier alpha value is -4.70. The van der Waals surface area contributed by atoms with Gasteiger partial charge in [-0.2, -0.15) is 10.1 Å². The summed E-state index contributed by atoms with van der Waals surface area (Å²) in [5.74, 6) is 2.03. The zero-order valence-corrected chi connectivity index (χ0v) is 24.1. The Morgan fingerprint density at radius 3 is 2.49 bits per heavy atom. The van der Waals surface area contributed by atoms with Crippen molar-refractivity contribution in [3.63, 3.8) is 0 Å². The number of carbonyl (C=O) groups excluding carboxylic acids is 1. The van der Waals surface area contributed by atoms with E-state index in [0.29, 0.717) is 57.5 Å². The fourth-order valence-corrected chi connectivity index (χ4v) is 5.01. The average Bonchev–Trinajstić information content (AvgIpc) is 3.44. The van der Waals surface area contributed by atoms with E-state index >= 15 is 0 Å². The Morgan fingerprint density at radius 2 is 1.76 bits per heavy atom. The third-order valence-electron chi connectivity index (χ3n) is 6.74. The molecule has 1 atom stereocenters. The minimum atomic E-state index is -0.617. The number of hydrogen-bond acceptors (Lipinski definition) is 8. The predicted octanol–water partition coefficient (Wildman–Crippen LogP) is 5.77. The number of benzene rings is 3. The molecule has 0 fully saturated rings. The first-order chi connectivity index (χ1) is 19.8. The van der Waals surface area contributed by atoms with Gasteiger partial charge in [0.2, 0.25) is 5.95 Å². The molecule has 0 radical (unpaired) electrons. The van der Waals surface area contributed by atoms with E-state index in [1.54, 1.807) is 23.9 Å². The lowest BCUT2D eigenvalue weighted by Crippen LogP contribution is -2.31. The normalized spacial score (nSPS) is 14.1. The number of fused-ring (bicyclic) bond motifs is 1. The zero-order chi connectivity index (χ0) is 29.1. The Morgan fingerprint density at radius 1 is 0.976 bits per heavy atom. The van der Waals surface area contributed by atoms with Crippen molar-refractivity contribution < 1.29 is 23.7 Å². The van der Waals surface area contributed by atoms with Gasteiger partial charge in [-0.1, -0.05) is 47.5 Å². The predicted molar refractivity (Wildman–Crippen MR) is 156 cm³/mol. The number of aryl methyl sites for hydroxylation is 1. The number of ether oxygens (including phenoxy) is 4. The summed E-state index contributed by atoms with van der Waals surface area (Å²) in [5, 5.41) is 10.9. The highest BCUT2D eigenvalue weighted by Gasteiger charge is 2.34. The monoisotopic (exact) mass is 575 g/mol. The lowest BCUT2D eigenvalue weighted by molar-refractivity contribution is -0.113. The molecule has 0 spiro atoms. The van der Waals surface area contributed by atoms with Gasteiger partial charge in [0.15, 0.2) is 11.5 Å². The highest BCUT2D eigenvalue weighted by atomic mass is 35.5. The van der Waals surface area contributed by atoms with Crippen LogP contribution in [0.15, 0.2) is 72.2 Å². The molecule has 41 heavy (non-hydrogen) atoms. The summed E-state index contributed by atoms with van der Waals surface area (Å²) in [4.78, 5) is 18.2. The number of methoxy groups -OCH3 is 3. The minimum absolute atomic E-state index is 0.360. The Bertz CT molecular complexity index is 1630. The molecule has 3 aromatic carbocycles. The first-order valence-electron chi connectivity index (χ1n) is 12.8. The van der Waals surface area contributed by atoms with Gasteiger partial charge < -0.3 is 29.6 Å². The van der Waals surface area contributed by atoms with Crippen molar-refractivity contribution in [3.05, 3.63) is 93.9 Å². The SMILES string of the molecule is COc1cc(NC(=O)C2=C(C)Nc3ncnn3C2c2ccc(OCc3cccc(C)c3)c(OC)c2)c(OC)cc1Cl. The van der Waals surface area contributed by atoms with Crippen molar-refractivity contribution in [1.29, 1.82) is 0 Å². The fourth-order valence-electron chi connectivity index (χ4n) is 4.78. The maximum Gasteiger partial charge on any atom is 0.255 e. The molecule has 0 saturated heterocycles. The number of aromatic nitrogens is 3. The van der Waals surface area contributed by atoms with E-state index in [4.69, 9.17) is 30.5 Å². The van der Waals surface area contributed by atoms with E-state index in [0.717, 1.165) is 16.7 Å². The molecule has 1 aliphatic heterocycles. The first-order valence-corrected chi connectivity index (χ1v) is 13.2. The highest BCUT2D eigenvalue weighted by Crippen LogP contribution is 2.41. The molecule has 1 unspecified atom stereocenters. The van der Waals surface area contributed by atoms with Crippen LogP contribution in [0.4, 0.5) is 11.6 Å². The summed E-state index contributed by atoms with van der Waals surface area (Å²) in [7, 11) is 4.58. The maximum absolute atomic E-state index is 13.9. The van der Waals surface area contributed by atoms with Gasteiger partial charge in [-0.25, -0.2) is 4.68 Å². The number of allylic oxidation sites excluding steroid dienone is 1. The second-order valence-electron chi connectivity index (χ2n) is 9.42. The first kappa shape index (κ1) is 27.9. The summed E-state index contributed by atoms with van der Waals surface area (Å²) in [6, 6.07) is 16.3. The summed E-state index contributed by atoms with van der Waals surface area (Å²) >= 11 is 6.26. The smallest absolute Gasteiger partial charge is 0.255 e. The number of anilines is 2. The minimum Gasteiger partial charge on any atom is -0.495 e. The molecule has 2 N–H and O–H groups in total. The van der Waals surface area contributed by atoms with Crippen LogP contribution in [0.5, 0.6) is 23.0 Å². The summed E-state index contributed by atoms with van der Waals surface area (Å²) in [5.41, 5.74) is 4.41. The molecule has 1 aliphatic rings. The third kappa shape index (κ3) is 5.64. The summed E-state index contributed by atoms with van der Waals surface area (Å²) in [6.07, 6.45) is 1.44. The molecule has 1 aromatic heterocycles. The van der Waals surface area contributed by atoms with Crippen molar-refractivity contribution >= 4 is 29.1 Å². The number of hydrogen-bond donors (Lipinski definition) is 2. The van der Waals surface area contributed by atoms with Crippen LogP contribution in [0.3, 0.4) is 0 Å². The van der Waals surface area contributed by atoms with Crippen LogP contribution in [-0.2, 0) is 11.4 Å². The molecule has 1 amide bonds. The van der Waals surface area contributed by atoms with Crippen molar-refractivity contribution in [2.45, 2.75) is 26.5 Å². The maximum atomic E-state index is 13.9. The largest absolute Gasteiger partial charge is 0.495 e. The molecule has 4 aromatic rings. The Kier molecular flexibility index (Phi) is 8.02. The van der Waals surface area contributed by atoms with Gasteiger partial charge in [0.05, 0.1) is 37.6 Å². The number of nitrogens with one attached hydrogen (secondary N) is 2. The van der Waals surface area contributed by atoms with Gasteiger partial charge >= 0.3 is 0 Å². The quantitative estimate of drug-likeness (QED) is 0.259. The topological polar surface area (TPSA) is 109 Å². The van der Waals surface area contributed by atoms with Gasteiger partial charge in [0.1, 0.15) is 30.5 Å². The molecule has 5 rings (SSSR count). The molecule has 0 aliphatic carbocycles. The van der Waals surface area contributed by atoms with Crippen LogP contribution < -0.4 is 29.6 Å². The summed E-state index contributed by atoms with van der Waals surface area (Å²) in [6.45, 7) is 4.24. The van der Waals surface area contributed by atoms with Crippen LogP contribution in [0.1, 0.15) is 29.7 Å². The van der Waals surface area contributed by atoms with E-state index in [9.17, 15) is 4.79 Å². The molecule has 10 nitrogen and oxygen atoms in total. The molecule has 0 saturated carbocycles. The van der Waals surface area contributed by atoms with E-state index < -0.39 is 6.04 Å². The van der Waals surface area contributed by atoms with Crippen LogP contribution in [0.25, 0.3) is 0 Å². The van der Waals surface area contributed by atoms with Crippen molar-refractivity contribution in [3.8, 4) is 23.0 Å². The van der Waals surface area contributed by atoms with Crippen molar-refractivity contribution in [2.75, 3.05) is 32.0 Å². The Labute approximate surface area is 242 Å². The molecule has 212 valence electrons. The van der Waals surface area contributed by atoms with Gasteiger partial charge in [-0.15, -0.1) is 0 Å². The second kappa shape index (κ2) is 11.8. The molecule has 11 heteroatoms. The lowest BCUT2D eigenvalue weighted by atomic mass is 9.94. The zero-order valence-electron chi connectivity index (χ0n) is 23.3. The van der Waals surface area contributed by atoms with E-state index in [1.165, 1.54) is 20.5 Å². The van der Waals surface area contributed by atoms with Crippen LogP contribution in [0, 0.1) is 6.92 Å². The number of amides is 1. The second-order valence-corrected chi connectivity index (χ2v) is 9.83. The van der Waals surface area contributed by atoms with Gasteiger partial charge in [-0.3, -0.25) is 4.79 Å². The van der Waals surface area contributed by atoms with Gasteiger partial charge in [0.25, 0.3) is 5.91 Å². The molecular formula is C30H30ClN5O5. The Balaban J connectivity index is 1.49. The van der Waals surface area contributed by atoms with Crippen LogP contribution >= 0.6 is 11.6 Å². The number of rotatable bonds is 9. The standard InChI is InChI=1S/C30H30ClN5O5/c1-17-7-6-8-19(11-17)15-41-23-10-9-20(12-26(23)40-5)28-27(18(2)34-30-32-16-33-36(28)30)29(37)35-22-14-24(38-3)21(31)13-25(22)39-4/h6-14,16,28H,15H2,1-5H3,(H,35,37)(H,32,33,34). The number of halogens is 1. The third-order valence-corrected chi connectivity index (χ3v) is 7.04. The fraction of sp³-hybridized carbons (Fsp3) is 0.233. The van der Waals surface area contributed by atoms with E-state index in [2.05, 4.69) is 26.8 Å². The van der Waals surface area contributed by atoms with Crippen molar-refractivity contribution in [2.24, 2.45) is 0 Å². The van der Waals surface area contributed by atoms with E-state index in [1.807, 2.05) is 50.2 Å². The molecule has 0 bridgehead atoms. The van der Waals surface area contributed by atoms with Gasteiger partial charge in [-0.05, 0) is 37.1 Å². The summed E-state index contributed by atoms with van der Waals surface area (Å²) < 4.78 is 24.2. The van der Waals surface area contributed by atoms with E-state index in [-0.39, 0.29) is 5.91 Å². The van der Waals surface area contributed by atoms with Gasteiger partial charge in [0, 0.05) is 17.8 Å². The average molecular weight is 576 g/mol. The van der Waals surface area contributed by atoms with Crippen LogP contribution in [0.2, 0.25) is 5.02 Å². The molecular weight excluding hydrogens is 546 g/mol. The molecule has 2 heterocycles. The number of carbonyl (C=O) groups is 1. The lowest BCUT2D eigenvalue weighted by Gasteiger charge is -2.29.